The minimum atomic E-state index is -1.63. The number of fused-ring (bicyclic) bond motifs is 5. The zero-order valence-electron chi connectivity index (χ0n) is 21.9. The molecule has 0 radical (unpaired) electrons. The summed E-state index contributed by atoms with van der Waals surface area (Å²) in [6.07, 6.45) is 2.21. The number of esters is 1. The first-order chi connectivity index (χ1) is 19.8. The average Bonchev–Trinajstić information content (AvgIpc) is 3.68. The van der Waals surface area contributed by atoms with Crippen molar-refractivity contribution in [3.05, 3.63) is 95.4 Å². The summed E-state index contributed by atoms with van der Waals surface area (Å²) in [6, 6.07) is 17.1. The minimum Gasteiger partial charge on any atom is -0.462 e. The lowest BCUT2D eigenvalue weighted by Crippen LogP contribution is -2.53. The molecule has 3 aromatic carbocycles. The quantitative estimate of drug-likeness (QED) is 0.257. The molecule has 1 aromatic heterocycles. The molecule has 3 amide bonds. The largest absolute Gasteiger partial charge is 0.462 e. The number of anilines is 2. The fraction of sp³-hybridized carbons (Fsp3) is 0.226. The Balaban J connectivity index is 1.33. The molecule has 2 fully saturated rings. The third-order valence-corrected chi connectivity index (χ3v) is 8.43. The van der Waals surface area contributed by atoms with E-state index in [1.807, 2.05) is 30.5 Å². The molecule has 3 aliphatic heterocycles. The Morgan fingerprint density at radius 3 is 2.59 bits per heavy atom. The number of halogens is 1. The van der Waals surface area contributed by atoms with Crippen LogP contribution in [0, 0.1) is 17.7 Å². The maximum atomic E-state index is 14.5. The number of hydrogen-bond acceptors (Lipinski definition) is 6. The van der Waals surface area contributed by atoms with Gasteiger partial charge in [0.1, 0.15) is 11.4 Å². The van der Waals surface area contributed by atoms with Crippen LogP contribution in [-0.2, 0) is 31.1 Å². The van der Waals surface area contributed by atoms with E-state index in [0.717, 1.165) is 21.4 Å². The SMILES string of the molecule is CCOC(=O)c1ccc(N2C(=O)[C@@H]3[C@H](Cc4c[nH]c5ccccc45)N[C@@]4(C(=O)Nc5ccc(F)cc54)[C@H]3C2=O)cc1. The highest BCUT2D eigenvalue weighted by atomic mass is 19.1. The van der Waals surface area contributed by atoms with Crippen molar-refractivity contribution in [2.75, 3.05) is 16.8 Å². The molecular weight excluding hydrogens is 527 g/mol. The summed E-state index contributed by atoms with van der Waals surface area (Å²) >= 11 is 0. The Kier molecular flexibility index (Phi) is 5.58. The third-order valence-electron chi connectivity index (χ3n) is 8.43. The number of imide groups is 1. The second kappa shape index (κ2) is 9.10. The molecular formula is C31H25FN4O5. The van der Waals surface area contributed by atoms with Gasteiger partial charge in [0.2, 0.25) is 17.7 Å². The van der Waals surface area contributed by atoms with E-state index >= 15 is 0 Å². The van der Waals surface area contributed by atoms with Crippen molar-refractivity contribution in [3.8, 4) is 0 Å². The zero-order chi connectivity index (χ0) is 28.5. The smallest absolute Gasteiger partial charge is 0.338 e. The molecule has 7 rings (SSSR count). The molecule has 1 spiro atoms. The molecule has 3 aliphatic rings. The van der Waals surface area contributed by atoms with E-state index in [9.17, 15) is 23.6 Å². The van der Waals surface area contributed by atoms with Crippen molar-refractivity contribution >= 4 is 46.0 Å². The topological polar surface area (TPSA) is 121 Å². The Bertz CT molecular complexity index is 1770. The van der Waals surface area contributed by atoms with Crippen LogP contribution in [0.2, 0.25) is 0 Å². The molecule has 41 heavy (non-hydrogen) atoms. The van der Waals surface area contributed by atoms with Crippen LogP contribution in [0.5, 0.6) is 0 Å². The van der Waals surface area contributed by atoms with Gasteiger partial charge in [0, 0.05) is 34.4 Å². The molecule has 0 bridgehead atoms. The van der Waals surface area contributed by atoms with E-state index in [1.54, 1.807) is 6.92 Å². The normalized spacial score (nSPS) is 24.7. The number of nitrogens with one attached hydrogen (secondary N) is 3. The number of ether oxygens (including phenoxy) is 1. The van der Waals surface area contributed by atoms with Crippen molar-refractivity contribution in [1.29, 1.82) is 0 Å². The van der Waals surface area contributed by atoms with Gasteiger partial charge in [-0.2, -0.15) is 0 Å². The minimum absolute atomic E-state index is 0.212. The Hall–Kier alpha value is -4.83. The van der Waals surface area contributed by atoms with Crippen LogP contribution in [0.3, 0.4) is 0 Å². The highest BCUT2D eigenvalue weighted by molar-refractivity contribution is 6.26. The molecule has 2 saturated heterocycles. The van der Waals surface area contributed by atoms with Crippen LogP contribution in [0.1, 0.15) is 28.4 Å². The number of nitrogens with zero attached hydrogens (tertiary/aromatic N) is 1. The van der Waals surface area contributed by atoms with Gasteiger partial charge in [0.15, 0.2) is 0 Å². The van der Waals surface area contributed by atoms with Gasteiger partial charge in [-0.25, -0.2) is 14.1 Å². The van der Waals surface area contributed by atoms with Gasteiger partial charge >= 0.3 is 5.97 Å². The number of carbonyl (C=O) groups is 4. The van der Waals surface area contributed by atoms with Gasteiger partial charge in [-0.3, -0.25) is 19.7 Å². The van der Waals surface area contributed by atoms with E-state index in [4.69, 9.17) is 4.74 Å². The first kappa shape index (κ1) is 25.2. The lowest BCUT2D eigenvalue weighted by atomic mass is 9.76. The van der Waals surface area contributed by atoms with E-state index < -0.39 is 52.9 Å². The monoisotopic (exact) mass is 552 g/mol. The van der Waals surface area contributed by atoms with Crippen LogP contribution >= 0.6 is 0 Å². The van der Waals surface area contributed by atoms with Crippen LogP contribution in [0.25, 0.3) is 10.9 Å². The molecule has 4 heterocycles. The molecule has 10 heteroatoms. The maximum absolute atomic E-state index is 14.5. The van der Waals surface area contributed by atoms with E-state index in [0.29, 0.717) is 17.7 Å². The Labute approximate surface area is 233 Å². The second-order valence-corrected chi connectivity index (χ2v) is 10.5. The number of hydrogen-bond donors (Lipinski definition) is 3. The summed E-state index contributed by atoms with van der Waals surface area (Å²) in [7, 11) is 0. The zero-order valence-corrected chi connectivity index (χ0v) is 21.9. The molecule has 0 aliphatic carbocycles. The fourth-order valence-electron chi connectivity index (χ4n) is 6.70. The van der Waals surface area contributed by atoms with Gasteiger partial charge in [0.05, 0.1) is 29.7 Å². The van der Waals surface area contributed by atoms with Gasteiger partial charge in [-0.15, -0.1) is 0 Å². The summed E-state index contributed by atoms with van der Waals surface area (Å²) in [5, 5.41) is 7.12. The summed E-state index contributed by atoms with van der Waals surface area (Å²) in [4.78, 5) is 58.5. The van der Waals surface area contributed by atoms with E-state index in [-0.39, 0.29) is 17.9 Å². The standard InChI is InChI=1S/C31H25FN4O5/c1-2-41-29(39)16-7-10-19(11-8-16)36-27(37)25-24(13-17-15-33-22-6-4-3-5-20(17)22)35-31(26(25)28(36)38)21-14-18(32)9-12-23(21)34-30(31)40/h3-12,14-15,24-26,33,35H,2,13H2,1H3,(H,34,40)/t24-,25+,26+,31+/m0/s1. The van der Waals surface area contributed by atoms with Gasteiger partial charge in [-0.05, 0) is 67.4 Å². The molecule has 4 atom stereocenters. The molecule has 0 unspecified atom stereocenters. The van der Waals surface area contributed by atoms with Gasteiger partial charge in [-0.1, -0.05) is 18.2 Å². The predicted molar refractivity (Wildman–Crippen MR) is 148 cm³/mol. The van der Waals surface area contributed by atoms with Crippen molar-refractivity contribution in [1.82, 2.24) is 10.3 Å². The lowest BCUT2D eigenvalue weighted by Gasteiger charge is -2.29. The average molecular weight is 553 g/mol. The predicted octanol–water partition coefficient (Wildman–Crippen LogP) is 3.65. The number of rotatable bonds is 5. The Morgan fingerprint density at radius 2 is 1.80 bits per heavy atom. The molecule has 3 N–H and O–H groups in total. The molecule has 4 aromatic rings. The van der Waals surface area contributed by atoms with Crippen molar-refractivity contribution in [2.24, 2.45) is 11.8 Å². The first-order valence-corrected chi connectivity index (χ1v) is 13.4. The summed E-state index contributed by atoms with van der Waals surface area (Å²) in [5.74, 6) is -4.62. The third kappa shape index (κ3) is 3.57. The summed E-state index contributed by atoms with van der Waals surface area (Å²) in [6.45, 7) is 1.91. The number of para-hydroxylation sites is 1. The number of aromatic nitrogens is 1. The van der Waals surface area contributed by atoms with Crippen molar-refractivity contribution < 1.29 is 28.3 Å². The summed E-state index contributed by atoms with van der Waals surface area (Å²) in [5.41, 5.74) is 1.48. The van der Waals surface area contributed by atoms with Crippen LogP contribution < -0.4 is 15.5 Å². The maximum Gasteiger partial charge on any atom is 0.338 e. The second-order valence-electron chi connectivity index (χ2n) is 10.5. The van der Waals surface area contributed by atoms with Gasteiger partial charge < -0.3 is 15.0 Å². The molecule has 9 nitrogen and oxygen atoms in total. The fourth-order valence-corrected chi connectivity index (χ4v) is 6.70. The highest BCUT2D eigenvalue weighted by Crippen LogP contribution is 2.54. The van der Waals surface area contributed by atoms with E-state index in [1.165, 1.54) is 42.5 Å². The van der Waals surface area contributed by atoms with Crippen molar-refractivity contribution in [2.45, 2.75) is 24.9 Å². The summed E-state index contributed by atoms with van der Waals surface area (Å²) < 4.78 is 19.6. The molecule has 0 saturated carbocycles. The van der Waals surface area contributed by atoms with Crippen molar-refractivity contribution in [3.63, 3.8) is 0 Å². The lowest BCUT2D eigenvalue weighted by molar-refractivity contribution is -0.130. The first-order valence-electron chi connectivity index (χ1n) is 13.4. The molecule has 206 valence electrons. The number of aromatic amines is 1. The van der Waals surface area contributed by atoms with E-state index in [2.05, 4.69) is 15.6 Å². The van der Waals surface area contributed by atoms with Crippen LogP contribution in [0.4, 0.5) is 15.8 Å². The van der Waals surface area contributed by atoms with Crippen LogP contribution in [0.15, 0.2) is 72.9 Å². The van der Waals surface area contributed by atoms with Gasteiger partial charge in [0.25, 0.3) is 0 Å². The van der Waals surface area contributed by atoms with Crippen LogP contribution in [-0.4, -0.2) is 41.3 Å². The Morgan fingerprint density at radius 1 is 1.02 bits per heavy atom. The number of carbonyl (C=O) groups excluding carboxylic acids is 4. The number of benzene rings is 3. The number of amides is 3. The number of H-pyrrole nitrogens is 1. The highest BCUT2D eigenvalue weighted by Gasteiger charge is 2.70.